The van der Waals surface area contributed by atoms with E-state index in [4.69, 9.17) is 4.74 Å². The Morgan fingerprint density at radius 1 is 1.26 bits per heavy atom. The maximum absolute atomic E-state index is 12.5. The number of hydrogen-bond donors (Lipinski definition) is 0. The number of aryl methyl sites for hydroxylation is 1. The topological polar surface area (TPSA) is 66.9 Å². The van der Waals surface area contributed by atoms with E-state index in [0.717, 1.165) is 31.4 Å². The number of rotatable bonds is 10. The third-order valence-corrected chi connectivity index (χ3v) is 7.46. The van der Waals surface area contributed by atoms with Crippen LogP contribution in [-0.2, 0) is 32.5 Å². The van der Waals surface area contributed by atoms with Crippen LogP contribution >= 0.6 is 0 Å². The molecule has 7 heteroatoms. The minimum Gasteiger partial charge on any atom is -0.465 e. The second kappa shape index (κ2) is 10.9. The van der Waals surface area contributed by atoms with Gasteiger partial charge in [-0.2, -0.15) is 4.31 Å². The third kappa shape index (κ3) is 8.20. The molecule has 1 saturated heterocycles. The second-order valence-corrected chi connectivity index (χ2v) is 12.2. The number of ether oxygens (including phenoxy) is 1. The van der Waals surface area contributed by atoms with Crippen molar-refractivity contribution >= 4 is 16.0 Å². The van der Waals surface area contributed by atoms with Crippen LogP contribution in [-0.4, -0.2) is 62.6 Å². The Bertz CT molecular complexity index is 830. The lowest BCUT2D eigenvalue weighted by atomic mass is 9.82. The zero-order valence-corrected chi connectivity index (χ0v) is 20.9. The smallest absolute Gasteiger partial charge is 0.324 e. The van der Waals surface area contributed by atoms with Crippen LogP contribution in [0.2, 0.25) is 0 Å². The first-order chi connectivity index (χ1) is 14.4. The molecule has 31 heavy (non-hydrogen) atoms. The molecule has 0 saturated carbocycles. The molecule has 1 aliphatic rings. The Balaban J connectivity index is 2.09. The van der Waals surface area contributed by atoms with Gasteiger partial charge in [-0.1, -0.05) is 45.0 Å². The van der Waals surface area contributed by atoms with Crippen LogP contribution in [0.3, 0.4) is 0 Å². The number of carbonyl (C=O) groups excluding carboxylic acids is 1. The highest BCUT2D eigenvalue weighted by molar-refractivity contribution is 7.89. The van der Waals surface area contributed by atoms with Crippen LogP contribution in [0, 0.1) is 11.3 Å². The molecule has 0 amide bonds. The van der Waals surface area contributed by atoms with Gasteiger partial charge in [0.2, 0.25) is 10.0 Å². The van der Waals surface area contributed by atoms with Gasteiger partial charge in [0.1, 0.15) is 6.04 Å². The summed E-state index contributed by atoms with van der Waals surface area (Å²) >= 11 is 0. The molecule has 1 aromatic rings. The van der Waals surface area contributed by atoms with Crippen molar-refractivity contribution in [1.82, 2.24) is 9.21 Å². The molecule has 0 radical (unpaired) electrons. The number of hydrogen-bond acceptors (Lipinski definition) is 5. The van der Waals surface area contributed by atoms with E-state index in [0.29, 0.717) is 12.3 Å². The lowest BCUT2D eigenvalue weighted by Gasteiger charge is -2.28. The van der Waals surface area contributed by atoms with Crippen LogP contribution in [0.1, 0.15) is 58.1 Å². The molecule has 0 bridgehead atoms. The summed E-state index contributed by atoms with van der Waals surface area (Å²) in [5.74, 6) is 0.147. The standard InChI is InChI=1S/C24H40N2O4S/c1-7-30-23(27)22-13-14-31(28,29)26(22)18-20-10-8-9-19(15-20)11-12-21(17-25(5)6)16-24(2,3)4/h8-10,15,21-22H,7,11-14,16-18H2,1-6H3/t21-,22?/m0/s1. The molecule has 2 rings (SSSR count). The quantitative estimate of drug-likeness (QED) is 0.507. The molecule has 0 aliphatic carbocycles. The molecule has 0 spiro atoms. The van der Waals surface area contributed by atoms with E-state index in [-0.39, 0.29) is 24.3 Å². The molecule has 0 aromatic heterocycles. The van der Waals surface area contributed by atoms with Crippen molar-refractivity contribution in [2.45, 2.75) is 66.0 Å². The van der Waals surface area contributed by atoms with Crippen LogP contribution in [0.5, 0.6) is 0 Å². The summed E-state index contributed by atoms with van der Waals surface area (Å²) in [5, 5.41) is 0. The maximum atomic E-state index is 12.5. The first kappa shape index (κ1) is 25.8. The SMILES string of the molecule is CCOC(=O)C1CCS(=O)(=O)N1Cc1cccc(CC[C@H](CN(C)C)CC(C)(C)C)c1. The first-order valence-electron chi connectivity index (χ1n) is 11.3. The van der Waals surface area contributed by atoms with E-state index in [1.165, 1.54) is 9.87 Å². The zero-order valence-electron chi connectivity index (χ0n) is 20.1. The lowest BCUT2D eigenvalue weighted by molar-refractivity contribution is -0.147. The van der Waals surface area contributed by atoms with Crippen molar-refractivity contribution in [3.05, 3.63) is 35.4 Å². The molecule has 176 valence electrons. The van der Waals surface area contributed by atoms with E-state index < -0.39 is 22.0 Å². The highest BCUT2D eigenvalue weighted by atomic mass is 32.2. The van der Waals surface area contributed by atoms with E-state index >= 15 is 0 Å². The normalized spacial score (nSPS) is 20.2. The molecular weight excluding hydrogens is 412 g/mol. The summed E-state index contributed by atoms with van der Waals surface area (Å²) < 4.78 is 31.5. The summed E-state index contributed by atoms with van der Waals surface area (Å²) in [6.45, 7) is 10.1. The monoisotopic (exact) mass is 452 g/mol. The lowest BCUT2D eigenvalue weighted by Crippen LogP contribution is -2.39. The fourth-order valence-corrected chi connectivity index (χ4v) is 6.15. The molecule has 0 N–H and O–H groups in total. The molecular formula is C24H40N2O4S. The highest BCUT2D eigenvalue weighted by Gasteiger charge is 2.42. The Hall–Kier alpha value is -1.44. The summed E-state index contributed by atoms with van der Waals surface area (Å²) in [5.41, 5.74) is 2.41. The van der Waals surface area contributed by atoms with Gasteiger partial charge in [-0.3, -0.25) is 4.79 Å². The van der Waals surface area contributed by atoms with Gasteiger partial charge in [0, 0.05) is 13.1 Å². The van der Waals surface area contributed by atoms with Gasteiger partial charge >= 0.3 is 5.97 Å². The van der Waals surface area contributed by atoms with Gasteiger partial charge in [0.05, 0.1) is 12.4 Å². The predicted octanol–water partition coefficient (Wildman–Crippen LogP) is 3.70. The van der Waals surface area contributed by atoms with Crippen LogP contribution in [0.15, 0.2) is 24.3 Å². The van der Waals surface area contributed by atoms with Gasteiger partial charge in [-0.05, 0) is 69.2 Å². The minimum atomic E-state index is -3.44. The Morgan fingerprint density at radius 3 is 2.55 bits per heavy atom. The van der Waals surface area contributed by atoms with Gasteiger partial charge in [0.15, 0.2) is 0 Å². The minimum absolute atomic E-state index is 0.00477. The van der Waals surface area contributed by atoms with Crippen LogP contribution < -0.4 is 0 Å². The van der Waals surface area contributed by atoms with Crippen molar-refractivity contribution in [2.75, 3.05) is 33.0 Å². The van der Waals surface area contributed by atoms with Gasteiger partial charge in [-0.15, -0.1) is 0 Å². The van der Waals surface area contributed by atoms with Crippen molar-refractivity contribution in [3.63, 3.8) is 0 Å². The average molecular weight is 453 g/mol. The van der Waals surface area contributed by atoms with Gasteiger partial charge in [0.25, 0.3) is 0 Å². The Morgan fingerprint density at radius 2 is 1.94 bits per heavy atom. The summed E-state index contributed by atoms with van der Waals surface area (Å²) in [6.07, 6.45) is 3.50. The number of sulfonamides is 1. The molecule has 1 unspecified atom stereocenters. The zero-order chi connectivity index (χ0) is 23.2. The first-order valence-corrected chi connectivity index (χ1v) is 12.9. The molecule has 2 atom stereocenters. The number of nitrogens with zero attached hydrogens (tertiary/aromatic N) is 2. The second-order valence-electron chi connectivity index (χ2n) is 10.2. The summed E-state index contributed by atoms with van der Waals surface area (Å²) in [7, 11) is 0.792. The van der Waals surface area contributed by atoms with Crippen molar-refractivity contribution in [3.8, 4) is 0 Å². The fourth-order valence-electron chi connectivity index (χ4n) is 4.47. The van der Waals surface area contributed by atoms with E-state index in [1.807, 2.05) is 12.1 Å². The molecule has 1 fully saturated rings. The highest BCUT2D eigenvalue weighted by Crippen LogP contribution is 2.29. The average Bonchev–Trinajstić information content (AvgIpc) is 2.93. The van der Waals surface area contributed by atoms with E-state index in [2.05, 4.69) is 51.9 Å². The van der Waals surface area contributed by atoms with E-state index in [9.17, 15) is 13.2 Å². The summed E-state index contributed by atoms with van der Waals surface area (Å²) in [4.78, 5) is 14.5. The third-order valence-electron chi connectivity index (χ3n) is 5.61. The predicted molar refractivity (Wildman–Crippen MR) is 125 cm³/mol. The molecule has 1 heterocycles. The van der Waals surface area contributed by atoms with Crippen LogP contribution in [0.25, 0.3) is 0 Å². The Kier molecular flexibility index (Phi) is 9.10. The Labute approximate surface area is 189 Å². The number of benzene rings is 1. The largest absolute Gasteiger partial charge is 0.465 e. The van der Waals surface area contributed by atoms with Crippen molar-refractivity contribution in [1.29, 1.82) is 0 Å². The van der Waals surface area contributed by atoms with E-state index in [1.54, 1.807) is 6.92 Å². The number of carbonyl (C=O) groups is 1. The number of esters is 1. The van der Waals surface area contributed by atoms with Gasteiger partial charge < -0.3 is 9.64 Å². The maximum Gasteiger partial charge on any atom is 0.324 e. The van der Waals surface area contributed by atoms with Gasteiger partial charge in [-0.25, -0.2) is 8.42 Å². The van der Waals surface area contributed by atoms with Crippen LogP contribution in [0.4, 0.5) is 0 Å². The fraction of sp³-hybridized carbons (Fsp3) is 0.708. The van der Waals surface area contributed by atoms with Crippen molar-refractivity contribution in [2.24, 2.45) is 11.3 Å². The molecule has 1 aliphatic heterocycles. The molecule has 6 nitrogen and oxygen atoms in total. The summed E-state index contributed by atoms with van der Waals surface area (Å²) in [6, 6.07) is 7.39. The van der Waals surface area contributed by atoms with Crippen molar-refractivity contribution < 1.29 is 17.9 Å². The molecule has 1 aromatic carbocycles.